The first-order valence-electron chi connectivity index (χ1n) is 1.61. The molecule has 0 saturated heterocycles. The summed E-state index contributed by atoms with van der Waals surface area (Å²) in [6, 6.07) is 2.62. The highest BCUT2D eigenvalue weighted by Gasteiger charge is 1.93. The second-order valence-electron chi connectivity index (χ2n) is 0.969. The zero-order valence-electron chi connectivity index (χ0n) is 3.24. The molecule has 1 heterocycles. The first kappa shape index (κ1) is 4.65. The van der Waals surface area contributed by atoms with E-state index in [0.29, 0.717) is 0 Å². The number of halogens is 2. The molecule has 0 N–H and O–H groups in total. The van der Waals surface area contributed by atoms with E-state index in [4.69, 9.17) is 11.6 Å². The van der Waals surface area contributed by atoms with Crippen molar-refractivity contribution in [2.75, 3.05) is 0 Å². The first-order chi connectivity index (χ1) is 3.29. The molecule has 0 saturated carbocycles. The highest BCUT2D eigenvalue weighted by molar-refractivity contribution is 6.28. The van der Waals surface area contributed by atoms with Crippen molar-refractivity contribution >= 4 is 11.6 Å². The molecule has 0 bridgehead atoms. The zero-order valence-corrected chi connectivity index (χ0v) is 4.00. The van der Waals surface area contributed by atoms with Gasteiger partial charge in [-0.1, -0.05) is 0 Å². The Bertz CT molecular complexity index is 144. The van der Waals surface area contributed by atoms with Gasteiger partial charge in [-0.3, -0.25) is 0 Å². The van der Waals surface area contributed by atoms with E-state index in [9.17, 15) is 4.39 Å². The molecule has 0 amide bonds. The molecule has 37 valence electrons. The van der Waals surface area contributed by atoms with Crippen molar-refractivity contribution in [3.05, 3.63) is 23.4 Å². The maximum absolute atomic E-state index is 11.6. The lowest BCUT2D eigenvalue weighted by molar-refractivity contribution is 0.360. The summed E-state index contributed by atoms with van der Waals surface area (Å²) in [5.74, 6) is 0. The number of rotatable bonds is 0. The minimum atomic E-state index is -0.704. The SMILES string of the molecule is Fc1c[c]c(Cl)o1. The molecule has 0 atom stereocenters. The lowest BCUT2D eigenvalue weighted by atomic mass is 10.7. The van der Waals surface area contributed by atoms with Crippen molar-refractivity contribution in [3.8, 4) is 0 Å². The number of hydrogen-bond donors (Lipinski definition) is 0. The fourth-order valence-corrected chi connectivity index (χ4v) is 0.386. The van der Waals surface area contributed by atoms with Crippen molar-refractivity contribution in [1.82, 2.24) is 0 Å². The monoisotopic (exact) mass is 119 g/mol. The molecule has 1 nitrogen and oxygen atoms in total. The summed E-state index contributed by atoms with van der Waals surface area (Å²) in [4.78, 5) is 0. The van der Waals surface area contributed by atoms with Crippen LogP contribution in [-0.4, -0.2) is 0 Å². The molecule has 1 rings (SSSR count). The van der Waals surface area contributed by atoms with Crippen molar-refractivity contribution in [3.63, 3.8) is 0 Å². The Kier molecular flexibility index (Phi) is 1.02. The predicted octanol–water partition coefficient (Wildman–Crippen LogP) is 1.87. The standard InChI is InChI=1S/C4HClFO/c5-3-1-2-4(6)7-3/h2H. The van der Waals surface area contributed by atoms with Crippen molar-refractivity contribution in [2.24, 2.45) is 0 Å². The summed E-state index contributed by atoms with van der Waals surface area (Å²) in [5.41, 5.74) is 0. The highest BCUT2D eigenvalue weighted by atomic mass is 35.5. The van der Waals surface area contributed by atoms with Gasteiger partial charge in [-0.05, 0) is 11.6 Å². The van der Waals surface area contributed by atoms with E-state index in [0.717, 1.165) is 6.07 Å². The van der Waals surface area contributed by atoms with Crippen LogP contribution >= 0.6 is 11.6 Å². The number of hydrogen-bond acceptors (Lipinski definition) is 1. The Morgan fingerprint density at radius 3 is 2.71 bits per heavy atom. The summed E-state index contributed by atoms with van der Waals surface area (Å²) in [7, 11) is 0. The zero-order chi connectivity index (χ0) is 5.28. The molecule has 3 heteroatoms. The minimum Gasteiger partial charge on any atom is -0.418 e. The maximum Gasteiger partial charge on any atom is 0.279 e. The largest absolute Gasteiger partial charge is 0.418 e. The van der Waals surface area contributed by atoms with Gasteiger partial charge in [-0.25, -0.2) is 0 Å². The molecule has 0 fully saturated rings. The fraction of sp³-hybridized carbons (Fsp3) is 0. The Morgan fingerprint density at radius 1 is 1.86 bits per heavy atom. The van der Waals surface area contributed by atoms with Gasteiger partial charge in [0, 0.05) is 12.1 Å². The minimum absolute atomic E-state index is 0.0440. The molecule has 0 aliphatic carbocycles. The van der Waals surface area contributed by atoms with Gasteiger partial charge in [0.15, 0.2) is 0 Å². The average molecular weight is 120 g/mol. The summed E-state index contributed by atoms with van der Waals surface area (Å²) < 4.78 is 15.8. The first-order valence-corrected chi connectivity index (χ1v) is 1.99. The van der Waals surface area contributed by atoms with Gasteiger partial charge in [0.25, 0.3) is 6.01 Å². The third-order valence-electron chi connectivity index (χ3n) is 0.486. The molecule has 1 radical (unpaired) electrons. The Hall–Kier alpha value is -0.500. The van der Waals surface area contributed by atoms with E-state index < -0.39 is 6.01 Å². The highest BCUT2D eigenvalue weighted by Crippen LogP contribution is 2.09. The van der Waals surface area contributed by atoms with E-state index in [1.807, 2.05) is 0 Å². The maximum atomic E-state index is 11.6. The van der Waals surface area contributed by atoms with Crippen LogP contribution in [0.1, 0.15) is 0 Å². The Labute approximate surface area is 44.7 Å². The van der Waals surface area contributed by atoms with Crippen LogP contribution in [0.15, 0.2) is 10.5 Å². The predicted molar refractivity (Wildman–Crippen MR) is 22.5 cm³/mol. The Balaban J connectivity index is 3.04. The van der Waals surface area contributed by atoms with Crippen LogP contribution in [-0.2, 0) is 0 Å². The summed E-state index contributed by atoms with van der Waals surface area (Å²) in [6.45, 7) is 0. The Morgan fingerprint density at radius 2 is 2.57 bits per heavy atom. The van der Waals surface area contributed by atoms with E-state index in [1.54, 1.807) is 0 Å². The third-order valence-corrected chi connectivity index (χ3v) is 0.672. The average Bonchev–Trinajstić information content (AvgIpc) is 1.87. The molecule has 1 aromatic heterocycles. The second kappa shape index (κ2) is 1.54. The third kappa shape index (κ3) is 0.933. The summed E-state index contributed by atoms with van der Waals surface area (Å²) >= 11 is 5.10. The van der Waals surface area contributed by atoms with Crippen molar-refractivity contribution in [2.45, 2.75) is 0 Å². The van der Waals surface area contributed by atoms with Crippen LogP contribution in [0.4, 0.5) is 4.39 Å². The molecular formula is C4HClFO. The summed E-state index contributed by atoms with van der Waals surface area (Å²) in [6.07, 6.45) is 0. The van der Waals surface area contributed by atoms with Gasteiger partial charge >= 0.3 is 0 Å². The number of furan rings is 1. The lowest BCUT2D eigenvalue weighted by Crippen LogP contribution is -1.50. The van der Waals surface area contributed by atoms with E-state index in [1.165, 1.54) is 0 Å². The van der Waals surface area contributed by atoms with Crippen molar-refractivity contribution in [1.29, 1.82) is 0 Å². The van der Waals surface area contributed by atoms with Crippen LogP contribution in [0.3, 0.4) is 0 Å². The molecule has 0 aromatic carbocycles. The van der Waals surface area contributed by atoms with E-state index >= 15 is 0 Å². The van der Waals surface area contributed by atoms with Crippen LogP contribution in [0, 0.1) is 12.1 Å². The van der Waals surface area contributed by atoms with E-state index in [-0.39, 0.29) is 5.22 Å². The van der Waals surface area contributed by atoms with Gasteiger partial charge in [-0.2, -0.15) is 4.39 Å². The molecule has 0 aliphatic heterocycles. The van der Waals surface area contributed by atoms with Crippen LogP contribution in [0.25, 0.3) is 0 Å². The van der Waals surface area contributed by atoms with Gasteiger partial charge < -0.3 is 4.42 Å². The van der Waals surface area contributed by atoms with Crippen LogP contribution < -0.4 is 0 Å². The lowest BCUT2D eigenvalue weighted by Gasteiger charge is -1.69. The van der Waals surface area contributed by atoms with Crippen molar-refractivity contribution < 1.29 is 8.81 Å². The normalized spacial score (nSPS) is 9.43. The van der Waals surface area contributed by atoms with E-state index in [2.05, 4.69) is 10.5 Å². The molecule has 0 spiro atoms. The molecule has 0 unspecified atom stereocenters. The van der Waals surface area contributed by atoms with Gasteiger partial charge in [0.05, 0.1) is 0 Å². The molecule has 7 heavy (non-hydrogen) atoms. The molecular weight excluding hydrogens is 118 g/mol. The van der Waals surface area contributed by atoms with Crippen LogP contribution in [0.5, 0.6) is 0 Å². The quantitative estimate of drug-likeness (QED) is 0.508. The van der Waals surface area contributed by atoms with Gasteiger partial charge in [0.1, 0.15) is 0 Å². The smallest absolute Gasteiger partial charge is 0.279 e. The van der Waals surface area contributed by atoms with Crippen LogP contribution in [0.2, 0.25) is 5.22 Å². The molecule has 1 aromatic rings. The second-order valence-corrected chi connectivity index (χ2v) is 1.31. The van der Waals surface area contributed by atoms with Gasteiger partial charge in [0.2, 0.25) is 5.22 Å². The van der Waals surface area contributed by atoms with Gasteiger partial charge in [-0.15, -0.1) is 0 Å². The topological polar surface area (TPSA) is 13.1 Å². The molecule has 0 aliphatic rings. The fourth-order valence-electron chi connectivity index (χ4n) is 0.258. The summed E-state index contributed by atoms with van der Waals surface area (Å²) in [5, 5.41) is -0.0440.